The third-order valence-corrected chi connectivity index (χ3v) is 5.22. The van der Waals surface area contributed by atoms with Crippen LogP contribution in [0.15, 0.2) is 23.3 Å². The molecule has 8 heteroatoms. The molecule has 1 aliphatic heterocycles. The lowest BCUT2D eigenvalue weighted by Crippen LogP contribution is -2.36. The Hall–Kier alpha value is -2.61. The van der Waals surface area contributed by atoms with Gasteiger partial charge in [-0.05, 0) is 37.5 Å². The molecule has 1 aromatic carbocycles. The van der Waals surface area contributed by atoms with Crippen LogP contribution in [0.5, 0.6) is 0 Å². The highest BCUT2D eigenvalue weighted by Gasteiger charge is 2.27. The number of benzene rings is 1. The van der Waals surface area contributed by atoms with Gasteiger partial charge in [-0.2, -0.15) is 5.10 Å². The van der Waals surface area contributed by atoms with Crippen molar-refractivity contribution in [2.45, 2.75) is 52.9 Å². The smallest absolute Gasteiger partial charge is 0.273 e. The van der Waals surface area contributed by atoms with Gasteiger partial charge in [-0.3, -0.25) is 14.9 Å². The van der Waals surface area contributed by atoms with Crippen LogP contribution in [0, 0.1) is 13.8 Å². The number of hydrogen-bond donors (Lipinski definition) is 1. The zero-order chi connectivity index (χ0) is 19.4. The molecule has 0 radical (unpaired) electrons. The van der Waals surface area contributed by atoms with E-state index in [2.05, 4.69) is 27.5 Å². The quantitative estimate of drug-likeness (QED) is 0.823. The van der Waals surface area contributed by atoms with E-state index in [1.54, 1.807) is 0 Å². The normalized spacial score (nSPS) is 14.3. The zero-order valence-corrected chi connectivity index (χ0v) is 16.6. The molecule has 0 aliphatic carbocycles. The SMILES string of the molecule is CCCCc1nnc(NC(=O)C2=NN(c3cc(C)ccc3C)C(=O)CC2)s1. The number of nitrogens with one attached hydrogen (secondary N) is 1. The molecule has 2 heterocycles. The number of rotatable bonds is 6. The van der Waals surface area contributed by atoms with Crippen molar-refractivity contribution < 1.29 is 9.59 Å². The van der Waals surface area contributed by atoms with Crippen molar-refractivity contribution in [1.29, 1.82) is 0 Å². The summed E-state index contributed by atoms with van der Waals surface area (Å²) >= 11 is 1.38. The van der Waals surface area contributed by atoms with Crippen molar-refractivity contribution in [2.75, 3.05) is 10.3 Å². The average Bonchev–Trinajstić information content (AvgIpc) is 3.09. The fraction of sp³-hybridized carbons (Fsp3) is 0.421. The van der Waals surface area contributed by atoms with Gasteiger partial charge in [-0.15, -0.1) is 10.2 Å². The number of anilines is 2. The molecule has 0 unspecified atom stereocenters. The van der Waals surface area contributed by atoms with Crippen LogP contribution < -0.4 is 10.3 Å². The molecule has 1 N–H and O–H groups in total. The van der Waals surface area contributed by atoms with Crippen molar-refractivity contribution in [3.05, 3.63) is 34.3 Å². The first kappa shape index (κ1) is 19.2. The Morgan fingerprint density at radius 2 is 2.07 bits per heavy atom. The minimum absolute atomic E-state index is 0.113. The summed E-state index contributed by atoms with van der Waals surface area (Å²) in [5.41, 5.74) is 3.00. The van der Waals surface area contributed by atoms with Crippen LogP contribution in [0.2, 0.25) is 0 Å². The van der Waals surface area contributed by atoms with Crippen molar-refractivity contribution in [2.24, 2.45) is 5.10 Å². The highest BCUT2D eigenvalue weighted by Crippen LogP contribution is 2.26. The summed E-state index contributed by atoms with van der Waals surface area (Å²) in [5.74, 6) is -0.450. The summed E-state index contributed by atoms with van der Waals surface area (Å²) < 4.78 is 0. The maximum Gasteiger partial charge on any atom is 0.273 e. The summed E-state index contributed by atoms with van der Waals surface area (Å²) in [6, 6.07) is 5.83. The lowest BCUT2D eigenvalue weighted by Gasteiger charge is -2.24. The number of nitrogens with zero attached hydrogens (tertiary/aromatic N) is 4. The van der Waals surface area contributed by atoms with E-state index in [9.17, 15) is 9.59 Å². The number of hydrazone groups is 1. The fourth-order valence-electron chi connectivity index (χ4n) is 2.75. The Balaban J connectivity index is 1.77. The highest BCUT2D eigenvalue weighted by atomic mass is 32.1. The monoisotopic (exact) mass is 385 g/mol. The number of aryl methyl sites for hydroxylation is 3. The van der Waals surface area contributed by atoms with E-state index in [1.807, 2.05) is 32.0 Å². The zero-order valence-electron chi connectivity index (χ0n) is 15.8. The maximum absolute atomic E-state index is 12.6. The Morgan fingerprint density at radius 1 is 1.26 bits per heavy atom. The van der Waals surface area contributed by atoms with Crippen LogP contribution in [0.25, 0.3) is 0 Å². The second kappa shape index (κ2) is 8.39. The number of aromatic nitrogens is 2. The molecule has 0 atom stereocenters. The van der Waals surface area contributed by atoms with E-state index < -0.39 is 0 Å². The van der Waals surface area contributed by atoms with Crippen LogP contribution >= 0.6 is 11.3 Å². The van der Waals surface area contributed by atoms with Crippen molar-refractivity contribution >= 4 is 39.7 Å². The van der Waals surface area contributed by atoms with Crippen molar-refractivity contribution in [3.8, 4) is 0 Å². The summed E-state index contributed by atoms with van der Waals surface area (Å²) in [4.78, 5) is 24.9. The van der Waals surface area contributed by atoms with Gasteiger partial charge in [0.25, 0.3) is 5.91 Å². The minimum Gasteiger partial charge on any atom is -0.295 e. The summed E-state index contributed by atoms with van der Waals surface area (Å²) in [7, 11) is 0. The standard InChI is InChI=1S/C19H23N5O2S/c1-4-5-6-16-21-22-19(27-16)20-18(26)14-9-10-17(25)24(23-14)15-11-12(2)7-8-13(15)3/h7-8,11H,4-6,9-10H2,1-3H3,(H,20,22,26). The maximum atomic E-state index is 12.6. The van der Waals surface area contributed by atoms with Crippen LogP contribution in [0.1, 0.15) is 48.7 Å². The van der Waals surface area contributed by atoms with Gasteiger partial charge in [-0.25, -0.2) is 5.01 Å². The molecule has 0 saturated carbocycles. The molecule has 2 amide bonds. The lowest BCUT2D eigenvalue weighted by molar-refractivity contribution is -0.118. The predicted octanol–water partition coefficient (Wildman–Crippen LogP) is 3.62. The molecule has 2 aromatic rings. The van der Waals surface area contributed by atoms with Gasteiger partial charge >= 0.3 is 0 Å². The Labute approximate surface area is 162 Å². The first-order valence-corrected chi connectivity index (χ1v) is 9.91. The summed E-state index contributed by atoms with van der Waals surface area (Å²) in [6.45, 7) is 6.00. The van der Waals surface area contributed by atoms with Gasteiger partial charge in [0.2, 0.25) is 11.0 Å². The number of amides is 2. The molecule has 0 saturated heterocycles. The largest absolute Gasteiger partial charge is 0.295 e. The van der Waals surface area contributed by atoms with Gasteiger partial charge in [0.05, 0.1) is 5.69 Å². The number of hydrogen-bond acceptors (Lipinski definition) is 6. The second-order valence-electron chi connectivity index (χ2n) is 6.60. The van der Waals surface area contributed by atoms with Gasteiger partial charge in [0.1, 0.15) is 10.7 Å². The van der Waals surface area contributed by atoms with E-state index in [1.165, 1.54) is 16.3 Å². The Morgan fingerprint density at radius 3 is 2.85 bits per heavy atom. The van der Waals surface area contributed by atoms with Crippen molar-refractivity contribution in [1.82, 2.24) is 10.2 Å². The molecular weight excluding hydrogens is 362 g/mol. The van der Waals surface area contributed by atoms with Gasteiger partial charge < -0.3 is 0 Å². The number of unbranched alkanes of at least 4 members (excludes halogenated alkanes) is 1. The average molecular weight is 385 g/mol. The molecule has 1 aliphatic rings. The van der Waals surface area contributed by atoms with E-state index in [0.29, 0.717) is 23.0 Å². The lowest BCUT2D eigenvalue weighted by atomic mass is 10.1. The van der Waals surface area contributed by atoms with Crippen LogP contribution in [-0.2, 0) is 16.0 Å². The molecule has 1 aromatic heterocycles. The van der Waals surface area contributed by atoms with Gasteiger partial charge in [-0.1, -0.05) is 36.8 Å². The molecule has 3 rings (SSSR count). The molecule has 0 spiro atoms. The molecule has 142 valence electrons. The fourth-order valence-corrected chi connectivity index (χ4v) is 3.53. The molecule has 0 bridgehead atoms. The molecule has 27 heavy (non-hydrogen) atoms. The van der Waals surface area contributed by atoms with E-state index >= 15 is 0 Å². The van der Waals surface area contributed by atoms with Crippen molar-refractivity contribution in [3.63, 3.8) is 0 Å². The number of carbonyl (C=O) groups is 2. The third-order valence-electron chi connectivity index (χ3n) is 4.32. The highest BCUT2D eigenvalue weighted by molar-refractivity contribution is 7.15. The summed E-state index contributed by atoms with van der Waals surface area (Å²) in [5, 5.41) is 17.9. The van der Waals surface area contributed by atoms with E-state index in [-0.39, 0.29) is 18.2 Å². The molecule has 0 fully saturated rings. The second-order valence-corrected chi connectivity index (χ2v) is 7.66. The molecular formula is C19H23N5O2S. The third kappa shape index (κ3) is 4.57. The van der Waals surface area contributed by atoms with Crippen LogP contribution in [0.4, 0.5) is 10.8 Å². The Kier molecular flexibility index (Phi) is 5.95. The van der Waals surface area contributed by atoms with E-state index in [0.717, 1.165) is 35.4 Å². The van der Waals surface area contributed by atoms with E-state index in [4.69, 9.17) is 0 Å². The first-order chi connectivity index (χ1) is 13.0. The van der Waals surface area contributed by atoms with Crippen LogP contribution in [0.3, 0.4) is 0 Å². The first-order valence-electron chi connectivity index (χ1n) is 9.09. The minimum atomic E-state index is -0.337. The number of carbonyl (C=O) groups excluding carboxylic acids is 2. The molecule has 7 nitrogen and oxygen atoms in total. The van der Waals surface area contributed by atoms with Gasteiger partial charge in [0, 0.05) is 19.3 Å². The Bertz CT molecular complexity index is 890. The predicted molar refractivity (Wildman–Crippen MR) is 107 cm³/mol. The van der Waals surface area contributed by atoms with Crippen LogP contribution in [-0.4, -0.2) is 27.7 Å². The summed E-state index contributed by atoms with van der Waals surface area (Å²) in [6.07, 6.45) is 3.55. The van der Waals surface area contributed by atoms with Gasteiger partial charge in [0.15, 0.2) is 0 Å². The topological polar surface area (TPSA) is 87.6 Å².